The van der Waals surface area contributed by atoms with Gasteiger partial charge in [0.2, 0.25) is 0 Å². The fraction of sp³-hybridized carbons (Fsp3) is 0.579. The minimum absolute atomic E-state index is 0.110. The van der Waals surface area contributed by atoms with Gasteiger partial charge in [0.05, 0.1) is 5.41 Å². The second kappa shape index (κ2) is 5.02. The molecule has 1 aromatic carbocycles. The number of nitrogens with zero attached hydrogens (tertiary/aromatic N) is 1. The molecule has 3 aliphatic rings. The Labute approximate surface area is 131 Å². The minimum atomic E-state index is -0.429. The van der Waals surface area contributed by atoms with Crippen molar-refractivity contribution in [3.63, 3.8) is 0 Å². The summed E-state index contributed by atoms with van der Waals surface area (Å²) in [5.74, 6) is 0.618. The summed E-state index contributed by atoms with van der Waals surface area (Å²) in [6.45, 7) is 3.63. The lowest BCUT2D eigenvalue weighted by Crippen LogP contribution is -2.39. The molecular formula is C19H23NO2. The lowest BCUT2D eigenvalue weighted by Gasteiger charge is -2.35. The van der Waals surface area contributed by atoms with Crippen molar-refractivity contribution in [2.45, 2.75) is 38.8 Å². The Morgan fingerprint density at radius 3 is 2.77 bits per heavy atom. The van der Waals surface area contributed by atoms with Gasteiger partial charge in [-0.25, -0.2) is 0 Å². The van der Waals surface area contributed by atoms with Crippen molar-refractivity contribution < 1.29 is 9.59 Å². The van der Waals surface area contributed by atoms with Crippen molar-refractivity contribution in [2.75, 3.05) is 6.54 Å². The van der Waals surface area contributed by atoms with Gasteiger partial charge in [-0.2, -0.15) is 0 Å². The van der Waals surface area contributed by atoms with Crippen LogP contribution in [-0.2, 0) is 16.1 Å². The van der Waals surface area contributed by atoms with E-state index in [0.29, 0.717) is 11.8 Å². The van der Waals surface area contributed by atoms with E-state index >= 15 is 0 Å². The van der Waals surface area contributed by atoms with E-state index in [-0.39, 0.29) is 17.8 Å². The second-order valence-electron chi connectivity index (χ2n) is 7.38. The van der Waals surface area contributed by atoms with Gasteiger partial charge < -0.3 is 4.79 Å². The largest absolute Gasteiger partial charge is 0.303 e. The maximum Gasteiger partial charge on any atom is 0.140 e. The summed E-state index contributed by atoms with van der Waals surface area (Å²) in [4.78, 5) is 27.1. The number of rotatable bonds is 3. The summed E-state index contributed by atoms with van der Waals surface area (Å²) in [5, 5.41) is 0. The molecule has 0 bridgehead atoms. The molecule has 0 radical (unpaired) electrons. The topological polar surface area (TPSA) is 37.4 Å². The van der Waals surface area contributed by atoms with Gasteiger partial charge >= 0.3 is 0 Å². The summed E-state index contributed by atoms with van der Waals surface area (Å²) in [7, 11) is 0. The van der Waals surface area contributed by atoms with Crippen molar-refractivity contribution >= 4 is 12.1 Å². The van der Waals surface area contributed by atoms with Crippen LogP contribution in [0.3, 0.4) is 0 Å². The van der Waals surface area contributed by atoms with Gasteiger partial charge in [-0.3, -0.25) is 9.69 Å². The van der Waals surface area contributed by atoms with Crippen LogP contribution in [0.15, 0.2) is 30.3 Å². The first-order valence-corrected chi connectivity index (χ1v) is 8.45. The smallest absolute Gasteiger partial charge is 0.140 e. The Hall–Kier alpha value is -1.48. The van der Waals surface area contributed by atoms with Crippen LogP contribution in [0.1, 0.15) is 31.7 Å². The van der Waals surface area contributed by atoms with E-state index < -0.39 is 5.41 Å². The van der Waals surface area contributed by atoms with Gasteiger partial charge in [-0.1, -0.05) is 43.7 Å². The molecule has 0 N–H and O–H groups in total. The second-order valence-corrected chi connectivity index (χ2v) is 7.38. The average Bonchev–Trinajstić information content (AvgIpc) is 2.99. The Morgan fingerprint density at radius 1 is 1.27 bits per heavy atom. The van der Waals surface area contributed by atoms with Crippen LogP contribution in [0, 0.1) is 23.2 Å². The Balaban J connectivity index is 1.68. The van der Waals surface area contributed by atoms with Gasteiger partial charge in [-0.05, 0) is 24.3 Å². The first kappa shape index (κ1) is 14.1. The molecule has 1 heterocycles. The van der Waals surface area contributed by atoms with Crippen molar-refractivity contribution in [3.05, 3.63) is 35.9 Å². The first-order valence-electron chi connectivity index (χ1n) is 8.45. The van der Waals surface area contributed by atoms with Crippen LogP contribution in [0.4, 0.5) is 0 Å². The fourth-order valence-electron chi connectivity index (χ4n) is 5.43. The average molecular weight is 297 g/mol. The van der Waals surface area contributed by atoms with Crippen molar-refractivity contribution in [1.29, 1.82) is 0 Å². The van der Waals surface area contributed by atoms with E-state index in [1.54, 1.807) is 0 Å². The third kappa shape index (κ3) is 1.78. The monoisotopic (exact) mass is 297 g/mol. The zero-order valence-electron chi connectivity index (χ0n) is 13.1. The molecular weight excluding hydrogens is 274 g/mol. The lowest BCUT2D eigenvalue weighted by molar-refractivity contribution is -0.128. The van der Waals surface area contributed by atoms with E-state index in [2.05, 4.69) is 29.2 Å². The van der Waals surface area contributed by atoms with Gasteiger partial charge in [0, 0.05) is 31.0 Å². The number of ketones is 1. The molecule has 116 valence electrons. The highest BCUT2D eigenvalue weighted by atomic mass is 16.1. The molecule has 22 heavy (non-hydrogen) atoms. The number of hydrogen-bond donors (Lipinski definition) is 0. The Kier molecular flexibility index (Phi) is 3.23. The lowest BCUT2D eigenvalue weighted by atomic mass is 9.69. The molecule has 1 aliphatic heterocycles. The SMILES string of the molecule is CC1C(=O)[C@@H]2CCC[C@H]3[C@@H]2[C@]1(C=O)CN3Cc1ccccc1. The maximum absolute atomic E-state index is 12.6. The van der Waals surface area contributed by atoms with Crippen molar-refractivity contribution in [3.8, 4) is 0 Å². The van der Waals surface area contributed by atoms with Crippen molar-refractivity contribution in [1.82, 2.24) is 4.90 Å². The molecule has 1 saturated heterocycles. The summed E-state index contributed by atoms with van der Waals surface area (Å²) in [6.07, 6.45) is 4.36. The molecule has 2 saturated carbocycles. The molecule has 3 fully saturated rings. The van der Waals surface area contributed by atoms with Crippen LogP contribution in [-0.4, -0.2) is 29.6 Å². The van der Waals surface area contributed by atoms with E-state index in [9.17, 15) is 9.59 Å². The van der Waals surface area contributed by atoms with Crippen LogP contribution < -0.4 is 0 Å². The molecule has 1 unspecified atom stereocenters. The number of hydrogen-bond acceptors (Lipinski definition) is 3. The summed E-state index contributed by atoms with van der Waals surface area (Å²) in [5.41, 5.74) is 0.867. The van der Waals surface area contributed by atoms with Crippen LogP contribution in [0.5, 0.6) is 0 Å². The number of benzene rings is 1. The van der Waals surface area contributed by atoms with E-state index in [1.165, 1.54) is 5.56 Å². The van der Waals surface area contributed by atoms with Gasteiger partial charge in [0.1, 0.15) is 12.1 Å². The summed E-state index contributed by atoms with van der Waals surface area (Å²) >= 11 is 0. The van der Waals surface area contributed by atoms with E-state index in [1.807, 2.05) is 13.0 Å². The molecule has 3 heteroatoms. The zero-order chi connectivity index (χ0) is 15.3. The van der Waals surface area contributed by atoms with Gasteiger partial charge in [0.15, 0.2) is 0 Å². The third-order valence-corrected chi connectivity index (χ3v) is 6.48. The quantitative estimate of drug-likeness (QED) is 0.805. The van der Waals surface area contributed by atoms with Gasteiger partial charge in [-0.15, -0.1) is 0 Å². The van der Waals surface area contributed by atoms with Crippen LogP contribution in [0.25, 0.3) is 0 Å². The number of carbonyl (C=O) groups excluding carboxylic acids is 2. The highest BCUT2D eigenvalue weighted by molar-refractivity contribution is 5.92. The molecule has 0 aromatic heterocycles. The number of likely N-dealkylation sites (tertiary alicyclic amines) is 1. The molecule has 4 rings (SSSR count). The van der Waals surface area contributed by atoms with Gasteiger partial charge in [0.25, 0.3) is 0 Å². The van der Waals surface area contributed by atoms with E-state index in [4.69, 9.17) is 0 Å². The van der Waals surface area contributed by atoms with Crippen LogP contribution >= 0.6 is 0 Å². The Bertz CT molecular complexity index is 599. The summed E-state index contributed by atoms with van der Waals surface area (Å²) < 4.78 is 0. The molecule has 5 atom stereocenters. The summed E-state index contributed by atoms with van der Waals surface area (Å²) in [6, 6.07) is 10.9. The maximum atomic E-state index is 12.6. The molecule has 1 aromatic rings. The molecule has 3 nitrogen and oxygen atoms in total. The number of aldehydes is 1. The highest BCUT2D eigenvalue weighted by Crippen LogP contribution is 2.59. The zero-order valence-corrected chi connectivity index (χ0v) is 13.1. The normalized spacial score (nSPS) is 40.7. The molecule has 2 aliphatic carbocycles. The Morgan fingerprint density at radius 2 is 2.05 bits per heavy atom. The van der Waals surface area contributed by atoms with Crippen LogP contribution in [0.2, 0.25) is 0 Å². The molecule has 0 amide bonds. The predicted octanol–water partition coefficient (Wildman–Crippen LogP) is 2.69. The highest BCUT2D eigenvalue weighted by Gasteiger charge is 2.66. The number of carbonyl (C=O) groups is 2. The van der Waals surface area contributed by atoms with E-state index in [0.717, 1.165) is 38.6 Å². The molecule has 0 spiro atoms. The standard InChI is InChI=1S/C19H23NO2/c1-13-18(22)15-8-5-9-16-17(15)19(13,12-21)11-20(16)10-14-6-3-2-4-7-14/h2-4,6-7,12-13,15-17H,5,8-11H2,1H3/t13?,15-,16+,17-,19+/m1/s1. The fourth-order valence-corrected chi connectivity index (χ4v) is 5.43. The van der Waals surface area contributed by atoms with Crippen molar-refractivity contribution in [2.24, 2.45) is 23.2 Å². The predicted molar refractivity (Wildman–Crippen MR) is 84.1 cm³/mol. The minimum Gasteiger partial charge on any atom is -0.303 e. The number of Topliss-reactive ketones (excluding diaryl/α,β-unsaturated/α-hetero) is 1. The third-order valence-electron chi connectivity index (χ3n) is 6.48. The first-order chi connectivity index (χ1) is 10.7.